The quantitative estimate of drug-likeness (QED) is 0.208. The van der Waals surface area contributed by atoms with Crippen LogP contribution >= 0.6 is 0 Å². The van der Waals surface area contributed by atoms with Gasteiger partial charge in [-0.3, -0.25) is 9.36 Å². The summed E-state index contributed by atoms with van der Waals surface area (Å²) in [4.78, 5) is 17.2. The van der Waals surface area contributed by atoms with Gasteiger partial charge in [0.05, 0.1) is 29.3 Å². The maximum absolute atomic E-state index is 12.9. The molecule has 3 aromatic rings. The summed E-state index contributed by atoms with van der Waals surface area (Å²) >= 11 is 0. The number of aliphatic hydroxyl groups excluding tert-OH is 5. The van der Waals surface area contributed by atoms with Crippen molar-refractivity contribution in [3.05, 3.63) is 64.6 Å². The molecule has 0 aliphatic carbocycles. The van der Waals surface area contributed by atoms with Gasteiger partial charge < -0.3 is 36.0 Å². The molecule has 4 atom stereocenters. The number of hydrogen-bond acceptors (Lipinski definition) is 9. The molecule has 7 N–H and O–H groups in total. The van der Waals surface area contributed by atoms with Crippen molar-refractivity contribution < 1.29 is 30.6 Å². The van der Waals surface area contributed by atoms with Gasteiger partial charge in [0.1, 0.15) is 24.1 Å². The number of likely N-dealkylation sites (N-methyl/N-ethyl adjacent to an activating group) is 1. The van der Waals surface area contributed by atoms with E-state index in [9.17, 15) is 15.0 Å². The molecule has 0 fully saturated rings. The summed E-state index contributed by atoms with van der Waals surface area (Å²) in [6.45, 7) is 1.50. The Bertz CT molecular complexity index is 1110. The second kappa shape index (κ2) is 13.9. The Kier molecular flexibility index (Phi) is 11.3. The van der Waals surface area contributed by atoms with Gasteiger partial charge in [-0.25, -0.2) is 4.98 Å². The Morgan fingerprint density at radius 2 is 1.66 bits per heavy atom. The highest BCUT2D eigenvalue weighted by Crippen LogP contribution is 2.27. The molecule has 0 saturated heterocycles. The number of pyridine rings is 2. The lowest BCUT2D eigenvalue weighted by Crippen LogP contribution is -2.48. The fraction of sp³-hybridized carbons (Fsp3) is 0.440. The molecule has 3 rings (SSSR count). The maximum Gasteiger partial charge on any atom is 0.263 e. The minimum Gasteiger partial charge on any atom is -0.507 e. The van der Waals surface area contributed by atoms with Crippen LogP contribution in [0.25, 0.3) is 16.7 Å². The van der Waals surface area contributed by atoms with Crippen LogP contribution < -0.4 is 10.9 Å². The Hall–Kier alpha value is -2.86. The SMILES string of the molecule is CCCCc1c(O)c2cccnc2n(-c2ccccc2)c1=O.CNC[C@H](O)[C@@H](O)[C@H](O)[C@H](O)CO. The number of aliphatic hydroxyl groups is 5. The molecule has 1 aromatic carbocycles. The average Bonchev–Trinajstić information content (AvgIpc) is 2.88. The molecular formula is C25H35N3O7. The van der Waals surface area contributed by atoms with Crippen LogP contribution in [0.4, 0.5) is 0 Å². The molecule has 2 heterocycles. The standard InChI is InChI=1S/C18H18N2O2.C7H17NO5/c1-2-3-10-15-16(21)14-11-7-12-19-17(14)20(18(15)22)13-8-5-4-6-9-13;1-8-2-4(10)6(12)7(13)5(11)3-9/h4-9,11-12,21H,2-3,10H2,1H3;4-13H,2-3H2,1H3/t;4-,5+,6+,7+/m.0/s1. The Morgan fingerprint density at radius 3 is 2.26 bits per heavy atom. The second-order valence-electron chi connectivity index (χ2n) is 8.14. The minimum absolute atomic E-state index is 0.0636. The molecule has 192 valence electrons. The van der Waals surface area contributed by atoms with Gasteiger partial charge in [0.2, 0.25) is 0 Å². The lowest BCUT2D eigenvalue weighted by molar-refractivity contribution is -0.113. The molecular weight excluding hydrogens is 454 g/mol. The number of aromatic nitrogens is 2. The van der Waals surface area contributed by atoms with Crippen LogP contribution in [0.5, 0.6) is 5.75 Å². The summed E-state index contributed by atoms with van der Waals surface area (Å²) in [7, 11) is 1.57. The number of aromatic hydroxyl groups is 1. The number of hydrogen-bond donors (Lipinski definition) is 7. The van der Waals surface area contributed by atoms with E-state index < -0.39 is 31.0 Å². The number of nitrogens with zero attached hydrogens (tertiary/aromatic N) is 2. The number of nitrogens with one attached hydrogen (secondary N) is 1. The fourth-order valence-electron chi connectivity index (χ4n) is 3.54. The first kappa shape index (κ1) is 28.4. The fourth-order valence-corrected chi connectivity index (χ4v) is 3.54. The molecule has 0 saturated carbocycles. The van der Waals surface area contributed by atoms with Gasteiger partial charge in [0, 0.05) is 12.7 Å². The lowest BCUT2D eigenvalue weighted by Gasteiger charge is -2.25. The topological polar surface area (TPSA) is 168 Å². The highest BCUT2D eigenvalue weighted by Gasteiger charge is 2.29. The molecule has 0 aliphatic heterocycles. The van der Waals surface area contributed by atoms with E-state index in [2.05, 4.69) is 17.2 Å². The van der Waals surface area contributed by atoms with Crippen LogP contribution in [0, 0.1) is 0 Å². The van der Waals surface area contributed by atoms with Crippen molar-refractivity contribution in [2.24, 2.45) is 0 Å². The van der Waals surface area contributed by atoms with Gasteiger partial charge >= 0.3 is 0 Å². The molecule has 35 heavy (non-hydrogen) atoms. The summed E-state index contributed by atoms with van der Waals surface area (Å²) in [5, 5.41) is 58.6. The van der Waals surface area contributed by atoms with E-state index in [1.807, 2.05) is 30.3 Å². The number of para-hydroxylation sites is 1. The largest absolute Gasteiger partial charge is 0.507 e. The molecule has 0 amide bonds. The van der Waals surface area contributed by atoms with Crippen LogP contribution in [0.2, 0.25) is 0 Å². The van der Waals surface area contributed by atoms with Crippen molar-refractivity contribution in [1.29, 1.82) is 0 Å². The van der Waals surface area contributed by atoms with E-state index in [0.717, 1.165) is 18.5 Å². The van der Waals surface area contributed by atoms with Gasteiger partial charge in [-0.05, 0) is 44.2 Å². The number of fused-ring (bicyclic) bond motifs is 1. The molecule has 0 bridgehead atoms. The summed E-state index contributed by atoms with van der Waals surface area (Å²) in [6, 6.07) is 13.0. The molecule has 0 unspecified atom stereocenters. The van der Waals surface area contributed by atoms with Gasteiger partial charge in [-0.1, -0.05) is 31.5 Å². The van der Waals surface area contributed by atoms with Crippen molar-refractivity contribution in [2.45, 2.75) is 50.6 Å². The van der Waals surface area contributed by atoms with Crippen LogP contribution in [0.1, 0.15) is 25.3 Å². The Morgan fingerprint density at radius 1 is 1.00 bits per heavy atom. The highest BCUT2D eigenvalue weighted by atomic mass is 16.4. The van der Waals surface area contributed by atoms with Crippen LogP contribution in [0.3, 0.4) is 0 Å². The van der Waals surface area contributed by atoms with Crippen molar-refractivity contribution in [3.8, 4) is 11.4 Å². The first-order valence-electron chi connectivity index (χ1n) is 11.5. The van der Waals surface area contributed by atoms with E-state index in [-0.39, 0.29) is 17.9 Å². The van der Waals surface area contributed by atoms with Crippen molar-refractivity contribution >= 4 is 11.0 Å². The Labute approximate surface area is 203 Å². The molecule has 0 spiro atoms. The van der Waals surface area contributed by atoms with Crippen molar-refractivity contribution in [2.75, 3.05) is 20.2 Å². The van der Waals surface area contributed by atoms with E-state index in [1.54, 1.807) is 29.9 Å². The lowest BCUT2D eigenvalue weighted by atomic mass is 10.0. The summed E-state index contributed by atoms with van der Waals surface area (Å²) in [5.41, 5.74) is 1.51. The smallest absolute Gasteiger partial charge is 0.263 e. The zero-order chi connectivity index (χ0) is 26.0. The van der Waals surface area contributed by atoms with Gasteiger partial charge in [-0.15, -0.1) is 0 Å². The summed E-state index contributed by atoms with van der Waals surface area (Å²) in [6.07, 6.45) is -1.62. The first-order chi connectivity index (χ1) is 16.8. The third kappa shape index (κ3) is 7.07. The normalized spacial score (nSPS) is 14.6. The number of benzene rings is 1. The molecule has 0 aliphatic rings. The van der Waals surface area contributed by atoms with Gasteiger partial charge in [-0.2, -0.15) is 0 Å². The van der Waals surface area contributed by atoms with Gasteiger partial charge in [0.15, 0.2) is 5.65 Å². The second-order valence-corrected chi connectivity index (χ2v) is 8.14. The Balaban J connectivity index is 0.000000287. The monoisotopic (exact) mass is 489 g/mol. The van der Waals surface area contributed by atoms with Crippen molar-refractivity contribution in [3.63, 3.8) is 0 Å². The number of unbranched alkanes of at least 4 members (excludes halogenated alkanes) is 1. The third-order valence-corrected chi connectivity index (χ3v) is 5.53. The van der Waals surface area contributed by atoms with E-state index in [4.69, 9.17) is 20.4 Å². The zero-order valence-corrected chi connectivity index (χ0v) is 19.9. The predicted molar refractivity (Wildman–Crippen MR) is 133 cm³/mol. The maximum atomic E-state index is 12.9. The molecule has 2 aromatic heterocycles. The summed E-state index contributed by atoms with van der Waals surface area (Å²) in [5.74, 6) is 0.0636. The number of rotatable bonds is 10. The van der Waals surface area contributed by atoms with Crippen molar-refractivity contribution in [1.82, 2.24) is 14.9 Å². The van der Waals surface area contributed by atoms with E-state index in [0.29, 0.717) is 23.0 Å². The third-order valence-electron chi connectivity index (χ3n) is 5.53. The van der Waals surface area contributed by atoms with Crippen LogP contribution in [0.15, 0.2) is 53.5 Å². The molecule has 10 nitrogen and oxygen atoms in total. The molecule has 0 radical (unpaired) electrons. The van der Waals surface area contributed by atoms with Crippen LogP contribution in [-0.4, -0.2) is 84.8 Å². The average molecular weight is 490 g/mol. The zero-order valence-electron chi connectivity index (χ0n) is 19.9. The van der Waals surface area contributed by atoms with Crippen LogP contribution in [-0.2, 0) is 6.42 Å². The molecule has 10 heteroatoms. The first-order valence-corrected chi connectivity index (χ1v) is 11.5. The predicted octanol–water partition coefficient (Wildman–Crippen LogP) is 0.0756. The van der Waals surface area contributed by atoms with Gasteiger partial charge in [0.25, 0.3) is 5.56 Å². The highest BCUT2D eigenvalue weighted by molar-refractivity contribution is 5.84. The van der Waals surface area contributed by atoms with E-state index >= 15 is 0 Å². The summed E-state index contributed by atoms with van der Waals surface area (Å²) < 4.78 is 1.58. The van der Waals surface area contributed by atoms with E-state index in [1.165, 1.54) is 0 Å². The minimum atomic E-state index is -1.55.